The van der Waals surface area contributed by atoms with Gasteiger partial charge >= 0.3 is 0 Å². The lowest BCUT2D eigenvalue weighted by Crippen LogP contribution is -1.97. The second-order valence-electron chi connectivity index (χ2n) is 4.09. The Morgan fingerprint density at radius 1 is 1.40 bits per heavy atom. The van der Waals surface area contributed by atoms with Gasteiger partial charge in [0.1, 0.15) is 0 Å². The first-order valence-electron chi connectivity index (χ1n) is 5.11. The second kappa shape index (κ2) is 3.58. The van der Waals surface area contributed by atoms with Crippen molar-refractivity contribution in [1.29, 1.82) is 0 Å². The number of benzene rings is 1. The van der Waals surface area contributed by atoms with Crippen LogP contribution in [-0.4, -0.2) is 5.11 Å². The minimum absolute atomic E-state index is 0.256. The van der Waals surface area contributed by atoms with Crippen molar-refractivity contribution in [2.24, 2.45) is 5.92 Å². The van der Waals surface area contributed by atoms with E-state index < -0.39 is 0 Å². The van der Waals surface area contributed by atoms with E-state index in [1.54, 1.807) is 11.3 Å². The molecule has 1 fully saturated rings. The zero-order valence-corrected chi connectivity index (χ0v) is 10.5. The van der Waals surface area contributed by atoms with Crippen LogP contribution in [0.3, 0.4) is 0 Å². The zero-order valence-electron chi connectivity index (χ0n) is 8.11. The van der Waals surface area contributed by atoms with Crippen molar-refractivity contribution in [3.05, 3.63) is 33.6 Å². The smallest absolute Gasteiger partial charge is 0.0832 e. The topological polar surface area (TPSA) is 20.2 Å². The summed E-state index contributed by atoms with van der Waals surface area (Å²) in [4.78, 5) is 0. The van der Waals surface area contributed by atoms with Gasteiger partial charge in [0, 0.05) is 9.17 Å². The fraction of sp³-hybridized carbons (Fsp3) is 0.333. The van der Waals surface area contributed by atoms with Crippen LogP contribution in [-0.2, 0) is 0 Å². The summed E-state index contributed by atoms with van der Waals surface area (Å²) in [6.45, 7) is 0. The van der Waals surface area contributed by atoms with Gasteiger partial charge < -0.3 is 5.11 Å². The van der Waals surface area contributed by atoms with Gasteiger partial charge in [-0.05, 0) is 57.1 Å². The molecule has 1 nitrogen and oxygen atoms in total. The van der Waals surface area contributed by atoms with Crippen LogP contribution >= 0.6 is 27.3 Å². The molecule has 0 spiro atoms. The van der Waals surface area contributed by atoms with Gasteiger partial charge in [-0.15, -0.1) is 11.3 Å². The van der Waals surface area contributed by atoms with Crippen LogP contribution in [0.15, 0.2) is 28.1 Å². The molecular formula is C12H11BrOS. The molecule has 1 aromatic carbocycles. The number of aliphatic hydroxyl groups is 1. The predicted molar refractivity (Wildman–Crippen MR) is 67.2 cm³/mol. The van der Waals surface area contributed by atoms with Crippen molar-refractivity contribution in [3.8, 4) is 0 Å². The Morgan fingerprint density at radius 2 is 2.20 bits per heavy atom. The van der Waals surface area contributed by atoms with Gasteiger partial charge in [-0.25, -0.2) is 0 Å². The summed E-state index contributed by atoms with van der Waals surface area (Å²) in [5.74, 6) is 0.502. The van der Waals surface area contributed by atoms with E-state index in [4.69, 9.17) is 0 Å². The summed E-state index contributed by atoms with van der Waals surface area (Å²) in [6, 6.07) is 6.17. The molecule has 3 heteroatoms. The maximum absolute atomic E-state index is 10.1. The van der Waals surface area contributed by atoms with Crippen molar-refractivity contribution in [2.75, 3.05) is 0 Å². The Balaban J connectivity index is 2.15. The third-order valence-corrected chi connectivity index (χ3v) is 4.94. The van der Waals surface area contributed by atoms with E-state index in [0.717, 1.165) is 10.0 Å². The van der Waals surface area contributed by atoms with Gasteiger partial charge in [-0.1, -0.05) is 12.1 Å². The highest BCUT2D eigenvalue weighted by molar-refractivity contribution is 9.10. The van der Waals surface area contributed by atoms with E-state index in [1.165, 1.54) is 22.9 Å². The molecule has 1 saturated carbocycles. The van der Waals surface area contributed by atoms with Gasteiger partial charge in [0.2, 0.25) is 0 Å². The lowest BCUT2D eigenvalue weighted by atomic mass is 10.0. The standard InChI is InChI=1S/C12H11BrOS/c13-10-3-1-2-8-9(6-15-12(8)10)11(14)7-4-5-7/h1-3,6-7,11,14H,4-5H2. The minimum atomic E-state index is -0.256. The van der Waals surface area contributed by atoms with Crippen LogP contribution in [0.5, 0.6) is 0 Å². The third-order valence-electron chi connectivity index (χ3n) is 2.97. The van der Waals surface area contributed by atoms with E-state index in [9.17, 15) is 5.11 Å². The fourth-order valence-electron chi connectivity index (χ4n) is 1.94. The van der Waals surface area contributed by atoms with E-state index in [0.29, 0.717) is 5.92 Å². The molecule has 1 heterocycles. The zero-order chi connectivity index (χ0) is 10.4. The molecule has 0 bridgehead atoms. The lowest BCUT2D eigenvalue weighted by Gasteiger charge is -2.07. The molecule has 15 heavy (non-hydrogen) atoms. The molecule has 1 atom stereocenters. The SMILES string of the molecule is OC(c1csc2c(Br)cccc12)C1CC1. The fourth-order valence-corrected chi connectivity index (χ4v) is 3.59. The van der Waals surface area contributed by atoms with Crippen LogP contribution in [0, 0.1) is 5.92 Å². The summed E-state index contributed by atoms with van der Waals surface area (Å²) in [5, 5.41) is 13.4. The molecule has 1 aliphatic carbocycles. The van der Waals surface area contributed by atoms with Crippen LogP contribution < -0.4 is 0 Å². The third kappa shape index (κ3) is 1.63. The predicted octanol–water partition coefficient (Wildman–Crippen LogP) is 4.11. The van der Waals surface area contributed by atoms with Crippen LogP contribution in [0.2, 0.25) is 0 Å². The van der Waals surface area contributed by atoms with Gasteiger partial charge in [-0.2, -0.15) is 0 Å². The van der Waals surface area contributed by atoms with Crippen molar-refractivity contribution >= 4 is 37.4 Å². The average Bonchev–Trinajstić information content (AvgIpc) is 2.98. The Morgan fingerprint density at radius 3 is 2.93 bits per heavy atom. The van der Waals surface area contributed by atoms with Gasteiger partial charge in [0.05, 0.1) is 6.10 Å². The Hall–Kier alpha value is -0.380. The quantitative estimate of drug-likeness (QED) is 0.879. The summed E-state index contributed by atoms with van der Waals surface area (Å²) < 4.78 is 2.37. The highest BCUT2D eigenvalue weighted by Crippen LogP contribution is 2.45. The molecule has 0 amide bonds. The number of fused-ring (bicyclic) bond motifs is 1. The molecule has 1 aliphatic rings. The van der Waals surface area contributed by atoms with Crippen LogP contribution in [0.4, 0.5) is 0 Å². The van der Waals surface area contributed by atoms with E-state index >= 15 is 0 Å². The molecule has 3 rings (SSSR count). The van der Waals surface area contributed by atoms with E-state index in [1.807, 2.05) is 12.1 Å². The summed E-state index contributed by atoms with van der Waals surface area (Å²) in [5.41, 5.74) is 1.11. The number of aliphatic hydroxyl groups excluding tert-OH is 1. The maximum atomic E-state index is 10.1. The Bertz CT molecular complexity index is 501. The number of halogens is 1. The lowest BCUT2D eigenvalue weighted by molar-refractivity contribution is 0.156. The summed E-state index contributed by atoms with van der Waals surface area (Å²) >= 11 is 5.25. The molecular weight excluding hydrogens is 272 g/mol. The molecule has 1 N–H and O–H groups in total. The van der Waals surface area contributed by atoms with E-state index in [-0.39, 0.29) is 6.10 Å². The summed E-state index contributed by atoms with van der Waals surface area (Å²) in [7, 11) is 0. The number of hydrogen-bond acceptors (Lipinski definition) is 2. The molecule has 1 aromatic heterocycles. The number of thiophene rings is 1. The van der Waals surface area contributed by atoms with E-state index in [2.05, 4.69) is 27.4 Å². The largest absolute Gasteiger partial charge is 0.388 e. The van der Waals surface area contributed by atoms with Crippen molar-refractivity contribution < 1.29 is 5.11 Å². The van der Waals surface area contributed by atoms with Crippen molar-refractivity contribution in [1.82, 2.24) is 0 Å². The first-order chi connectivity index (χ1) is 7.27. The second-order valence-corrected chi connectivity index (χ2v) is 5.82. The van der Waals surface area contributed by atoms with Crippen LogP contribution in [0.25, 0.3) is 10.1 Å². The van der Waals surface area contributed by atoms with Crippen LogP contribution in [0.1, 0.15) is 24.5 Å². The minimum Gasteiger partial charge on any atom is -0.388 e. The normalized spacial score (nSPS) is 18.3. The van der Waals surface area contributed by atoms with Gasteiger partial charge in [0.25, 0.3) is 0 Å². The molecule has 1 unspecified atom stereocenters. The molecule has 78 valence electrons. The molecule has 0 aliphatic heterocycles. The Kier molecular flexibility index (Phi) is 2.34. The maximum Gasteiger partial charge on any atom is 0.0832 e. The molecule has 2 aromatic rings. The van der Waals surface area contributed by atoms with Gasteiger partial charge in [0.15, 0.2) is 0 Å². The first-order valence-corrected chi connectivity index (χ1v) is 6.78. The van der Waals surface area contributed by atoms with Crippen molar-refractivity contribution in [2.45, 2.75) is 18.9 Å². The highest BCUT2D eigenvalue weighted by atomic mass is 79.9. The summed E-state index contributed by atoms with van der Waals surface area (Å²) in [6.07, 6.45) is 2.09. The van der Waals surface area contributed by atoms with Crippen molar-refractivity contribution in [3.63, 3.8) is 0 Å². The van der Waals surface area contributed by atoms with Gasteiger partial charge in [-0.3, -0.25) is 0 Å². The average molecular weight is 283 g/mol. The number of hydrogen-bond donors (Lipinski definition) is 1. The Labute approximate surface area is 101 Å². The monoisotopic (exact) mass is 282 g/mol. The molecule has 0 radical (unpaired) electrons. The first kappa shape index (κ1) is 9.82. The molecule has 0 saturated heterocycles. The highest BCUT2D eigenvalue weighted by Gasteiger charge is 2.32. The number of rotatable bonds is 2.